The van der Waals surface area contributed by atoms with Crippen LogP contribution in [-0.4, -0.2) is 89.6 Å². The Morgan fingerprint density at radius 2 is 1.90 bits per heavy atom. The number of hydrogen-bond donors (Lipinski definition) is 5. The summed E-state index contributed by atoms with van der Waals surface area (Å²) in [6, 6.07) is 5.52. The van der Waals surface area contributed by atoms with Crippen molar-refractivity contribution in [2.75, 3.05) is 45.3 Å². The number of nitrogens with one attached hydrogen (secondary N) is 1. The summed E-state index contributed by atoms with van der Waals surface area (Å²) in [7, 11) is 1.66. The minimum absolute atomic E-state index is 0.237. The second-order valence-corrected chi connectivity index (χ2v) is 8.29. The summed E-state index contributed by atoms with van der Waals surface area (Å²) < 4.78 is 11.1. The van der Waals surface area contributed by atoms with Crippen LogP contribution in [0, 0.1) is 0 Å². The minimum Gasteiger partial charge on any atom is -0.497 e. The summed E-state index contributed by atoms with van der Waals surface area (Å²) in [6.07, 6.45) is 3.69. The fourth-order valence-corrected chi connectivity index (χ4v) is 4.24. The maximum absolute atomic E-state index is 10.0. The number of rotatable bonds is 11. The molecule has 2 heterocycles. The lowest BCUT2D eigenvalue weighted by molar-refractivity contribution is -0.145. The molecule has 2 aliphatic heterocycles. The van der Waals surface area contributed by atoms with Crippen molar-refractivity contribution < 1.29 is 29.9 Å². The monoisotopic (exact) mass is 436 g/mol. The van der Waals surface area contributed by atoms with Gasteiger partial charge in [-0.2, -0.15) is 0 Å². The summed E-state index contributed by atoms with van der Waals surface area (Å²) in [5.41, 5.74) is 2.03. The van der Waals surface area contributed by atoms with Crippen LogP contribution in [0.5, 0.6) is 5.75 Å². The molecule has 4 atom stereocenters. The van der Waals surface area contributed by atoms with E-state index in [1.54, 1.807) is 7.11 Å². The van der Waals surface area contributed by atoms with Crippen LogP contribution in [0.4, 0.5) is 5.69 Å². The molecule has 0 aliphatic carbocycles. The molecule has 1 aromatic carbocycles. The number of aliphatic hydroxyl groups is 4. The molecule has 3 rings (SSSR count). The lowest BCUT2D eigenvalue weighted by Crippen LogP contribution is -2.62. The second-order valence-electron chi connectivity index (χ2n) is 8.29. The van der Waals surface area contributed by atoms with E-state index < -0.39 is 24.4 Å². The first-order chi connectivity index (χ1) is 15.0. The molecule has 8 nitrogen and oxygen atoms in total. The van der Waals surface area contributed by atoms with Gasteiger partial charge in [0.25, 0.3) is 0 Å². The number of hydrogen-bond acceptors (Lipinski definition) is 8. The van der Waals surface area contributed by atoms with E-state index in [-0.39, 0.29) is 13.2 Å². The number of benzene rings is 1. The van der Waals surface area contributed by atoms with E-state index in [1.165, 1.54) is 0 Å². The molecular weight excluding hydrogens is 400 g/mol. The molecule has 0 unspecified atom stereocenters. The highest BCUT2D eigenvalue weighted by atomic mass is 16.5. The highest BCUT2D eigenvalue weighted by Gasteiger charge is 2.40. The number of piperidine rings is 1. The zero-order valence-corrected chi connectivity index (χ0v) is 18.2. The van der Waals surface area contributed by atoms with Crippen molar-refractivity contribution in [3.05, 3.63) is 29.8 Å². The quantitative estimate of drug-likeness (QED) is 0.329. The molecule has 0 bridgehead atoms. The van der Waals surface area contributed by atoms with Crippen molar-refractivity contribution in [3.63, 3.8) is 0 Å². The van der Waals surface area contributed by atoms with Crippen LogP contribution in [0.1, 0.15) is 37.7 Å². The van der Waals surface area contributed by atoms with Crippen LogP contribution in [0.25, 0.3) is 5.76 Å². The predicted octanol–water partition coefficient (Wildman–Crippen LogP) is 1.19. The van der Waals surface area contributed by atoms with Gasteiger partial charge in [0, 0.05) is 36.8 Å². The summed E-state index contributed by atoms with van der Waals surface area (Å²) in [6.45, 7) is 2.28. The summed E-state index contributed by atoms with van der Waals surface area (Å²) >= 11 is 0. The van der Waals surface area contributed by atoms with E-state index in [0.29, 0.717) is 6.54 Å². The van der Waals surface area contributed by atoms with Crippen LogP contribution in [0.3, 0.4) is 0 Å². The maximum Gasteiger partial charge on any atom is 0.122 e. The van der Waals surface area contributed by atoms with Gasteiger partial charge in [0.1, 0.15) is 23.7 Å². The Balaban J connectivity index is 1.37. The number of methoxy groups -OCH3 is 1. The number of aliphatic hydroxyl groups excluding tert-OH is 4. The van der Waals surface area contributed by atoms with Gasteiger partial charge >= 0.3 is 0 Å². The molecule has 0 amide bonds. The Labute approximate surface area is 184 Å². The average molecular weight is 437 g/mol. The third kappa shape index (κ3) is 6.33. The summed E-state index contributed by atoms with van der Waals surface area (Å²) in [5, 5.41) is 42.7. The summed E-state index contributed by atoms with van der Waals surface area (Å²) in [4.78, 5) is 1.87. The van der Waals surface area contributed by atoms with Crippen molar-refractivity contribution in [1.29, 1.82) is 0 Å². The van der Waals surface area contributed by atoms with Gasteiger partial charge in [-0.3, -0.25) is 4.90 Å². The van der Waals surface area contributed by atoms with Crippen LogP contribution in [0.2, 0.25) is 0 Å². The number of anilines is 1. The van der Waals surface area contributed by atoms with E-state index in [1.807, 2.05) is 17.0 Å². The average Bonchev–Trinajstić information content (AvgIpc) is 3.32. The molecule has 0 spiro atoms. The molecular formula is C23H36N2O6. The van der Waals surface area contributed by atoms with Crippen molar-refractivity contribution in [2.24, 2.45) is 0 Å². The number of nitrogens with zero attached hydrogens (tertiary/aromatic N) is 1. The van der Waals surface area contributed by atoms with E-state index in [9.17, 15) is 20.4 Å². The van der Waals surface area contributed by atoms with Crippen molar-refractivity contribution in [3.8, 4) is 5.75 Å². The molecule has 1 aromatic rings. The normalized spacial score (nSPS) is 26.4. The Morgan fingerprint density at radius 1 is 1.10 bits per heavy atom. The van der Waals surface area contributed by atoms with Crippen LogP contribution in [-0.2, 0) is 4.74 Å². The smallest absolute Gasteiger partial charge is 0.122 e. The van der Waals surface area contributed by atoms with Gasteiger partial charge < -0.3 is 35.2 Å². The Kier molecular flexibility index (Phi) is 8.98. The predicted molar refractivity (Wildman–Crippen MR) is 119 cm³/mol. The van der Waals surface area contributed by atoms with E-state index in [2.05, 4.69) is 17.5 Å². The first-order valence-electron chi connectivity index (χ1n) is 11.2. The molecule has 0 radical (unpaired) electrons. The van der Waals surface area contributed by atoms with Crippen LogP contribution >= 0.6 is 0 Å². The van der Waals surface area contributed by atoms with Crippen LogP contribution < -0.4 is 10.1 Å². The number of likely N-dealkylation sites (tertiary alicyclic amines) is 1. The van der Waals surface area contributed by atoms with Gasteiger partial charge in [-0.15, -0.1) is 0 Å². The molecule has 1 saturated heterocycles. The number of ether oxygens (including phenoxy) is 2. The molecule has 0 saturated carbocycles. The largest absolute Gasteiger partial charge is 0.497 e. The van der Waals surface area contributed by atoms with Gasteiger partial charge in [-0.1, -0.05) is 12.8 Å². The molecule has 0 aromatic heterocycles. The fraction of sp³-hybridized carbons (Fsp3) is 0.652. The minimum atomic E-state index is -1.20. The fourth-order valence-electron chi connectivity index (χ4n) is 4.24. The Hall–Kier alpha value is -1.84. The molecule has 1 fully saturated rings. The third-order valence-corrected chi connectivity index (χ3v) is 6.05. The van der Waals surface area contributed by atoms with Gasteiger partial charge in [-0.05, 0) is 37.6 Å². The SMILES string of the molecule is COc1cc(NCCCCCCN2C[C@H](O)[C@@H](O)[C@H](O)[C@H]2CO)cc(C2=CCCO2)c1. The Bertz CT molecular complexity index is 728. The molecule has 8 heteroatoms. The van der Waals surface area contributed by atoms with Gasteiger partial charge in [-0.25, -0.2) is 0 Å². The highest BCUT2D eigenvalue weighted by Crippen LogP contribution is 2.29. The molecule has 5 N–H and O–H groups in total. The third-order valence-electron chi connectivity index (χ3n) is 6.05. The van der Waals surface area contributed by atoms with E-state index in [4.69, 9.17) is 9.47 Å². The Morgan fingerprint density at radius 3 is 2.61 bits per heavy atom. The first kappa shape index (κ1) is 23.8. The first-order valence-corrected chi connectivity index (χ1v) is 11.2. The number of unbranched alkanes of at least 4 members (excludes halogenated alkanes) is 3. The van der Waals surface area contributed by atoms with Crippen molar-refractivity contribution in [2.45, 2.75) is 56.5 Å². The second kappa shape index (κ2) is 11.7. The summed E-state index contributed by atoms with van der Waals surface area (Å²) in [5.74, 6) is 1.70. The number of β-amino-alcohol motifs (C(OH)–C–C–N with tert-alkyl or cyclic N) is 1. The molecule has 2 aliphatic rings. The maximum atomic E-state index is 10.0. The van der Waals surface area contributed by atoms with Gasteiger partial charge in [0.2, 0.25) is 0 Å². The van der Waals surface area contributed by atoms with Gasteiger partial charge in [0.05, 0.1) is 32.5 Å². The van der Waals surface area contributed by atoms with E-state index >= 15 is 0 Å². The lowest BCUT2D eigenvalue weighted by atomic mass is 9.94. The lowest BCUT2D eigenvalue weighted by Gasteiger charge is -2.43. The van der Waals surface area contributed by atoms with Crippen LogP contribution in [0.15, 0.2) is 24.3 Å². The zero-order valence-electron chi connectivity index (χ0n) is 18.2. The van der Waals surface area contributed by atoms with Crippen molar-refractivity contribution in [1.82, 2.24) is 4.90 Å². The van der Waals surface area contributed by atoms with Gasteiger partial charge in [0.15, 0.2) is 0 Å². The topological polar surface area (TPSA) is 115 Å². The standard InChI is InChI=1S/C23H36N2O6/c1-30-18-12-16(21-7-6-10-31-21)11-17(13-18)24-8-4-2-3-5-9-25-14-20(27)23(29)22(28)19(25)15-26/h7,11-13,19-20,22-24,26-29H,2-6,8-10,14-15H2,1H3/t19-,20+,22-,23-/m1/s1. The molecule has 174 valence electrons. The van der Waals surface area contributed by atoms with E-state index in [0.717, 1.165) is 68.0 Å². The zero-order chi connectivity index (χ0) is 22.2. The molecule has 31 heavy (non-hydrogen) atoms. The highest BCUT2D eigenvalue weighted by molar-refractivity contribution is 5.67. The van der Waals surface area contributed by atoms with Crippen molar-refractivity contribution >= 4 is 11.4 Å².